The van der Waals surface area contributed by atoms with Crippen LogP contribution in [0.15, 0.2) is 77.7 Å². The van der Waals surface area contributed by atoms with Crippen LogP contribution in [0.25, 0.3) is 11.1 Å². The second kappa shape index (κ2) is 9.54. The maximum Gasteiger partial charge on any atom is 0.413 e. The largest absolute Gasteiger partial charge is 0.425 e. The topological polar surface area (TPSA) is 152 Å². The molecular weight excluding hydrogens is 454 g/mol. The van der Waals surface area contributed by atoms with E-state index in [1.54, 1.807) is 54.6 Å². The number of nitrogen functional groups attached to an aromatic ring is 1. The molecule has 176 valence electrons. The third-order valence-electron chi connectivity index (χ3n) is 5.57. The van der Waals surface area contributed by atoms with Crippen LogP contribution in [0.2, 0.25) is 0 Å². The van der Waals surface area contributed by atoms with Crippen molar-refractivity contribution in [2.45, 2.75) is 24.0 Å². The standard InChI is InChI=1S/C24H25N5O4S/c25-23(26)17-5-3-6-19(15-17)29-14-4-9-22(29)33-24(30)28-18-12-10-16(11-13-18)20-7-1-2-8-21(20)34(27,31)32/h1-3,5-8,10-13,15,22H,4,9,14H2,(H3,25,26)(H,28,30)(H2,27,31,32)/t22-/m0/s1. The van der Waals surface area contributed by atoms with Crippen molar-refractivity contribution in [2.24, 2.45) is 10.9 Å². The van der Waals surface area contributed by atoms with Crippen molar-refractivity contribution in [2.75, 3.05) is 16.8 Å². The van der Waals surface area contributed by atoms with Crippen LogP contribution in [0.1, 0.15) is 18.4 Å². The number of rotatable bonds is 6. The summed E-state index contributed by atoms with van der Waals surface area (Å²) < 4.78 is 29.4. The van der Waals surface area contributed by atoms with Crippen LogP contribution in [-0.2, 0) is 14.8 Å². The summed E-state index contributed by atoms with van der Waals surface area (Å²) in [4.78, 5) is 14.6. The summed E-state index contributed by atoms with van der Waals surface area (Å²) in [5, 5.41) is 15.7. The van der Waals surface area contributed by atoms with Gasteiger partial charge in [0.05, 0.1) is 4.90 Å². The highest BCUT2D eigenvalue weighted by molar-refractivity contribution is 7.89. The van der Waals surface area contributed by atoms with Crippen molar-refractivity contribution in [3.63, 3.8) is 0 Å². The zero-order valence-electron chi connectivity index (χ0n) is 18.3. The maximum absolute atomic E-state index is 12.6. The fourth-order valence-corrected chi connectivity index (χ4v) is 4.72. The van der Waals surface area contributed by atoms with E-state index in [2.05, 4.69) is 5.32 Å². The number of amidine groups is 1. The fourth-order valence-electron chi connectivity index (χ4n) is 3.96. The van der Waals surface area contributed by atoms with Crippen molar-refractivity contribution in [1.29, 1.82) is 5.41 Å². The minimum Gasteiger partial charge on any atom is -0.425 e. The Balaban J connectivity index is 1.44. The van der Waals surface area contributed by atoms with Gasteiger partial charge in [0.15, 0.2) is 6.23 Å². The smallest absolute Gasteiger partial charge is 0.413 e. The molecule has 0 unspecified atom stereocenters. The molecular formula is C24H25N5O4S. The van der Waals surface area contributed by atoms with Gasteiger partial charge in [0.25, 0.3) is 0 Å². The Hall–Kier alpha value is -3.89. The molecule has 0 saturated carbocycles. The quantitative estimate of drug-likeness (QED) is 0.314. The van der Waals surface area contributed by atoms with Gasteiger partial charge < -0.3 is 15.4 Å². The Labute approximate surface area is 197 Å². The molecule has 0 spiro atoms. The number of nitrogens with two attached hydrogens (primary N) is 2. The van der Waals surface area contributed by atoms with Gasteiger partial charge in [0.1, 0.15) is 5.84 Å². The second-order valence-corrected chi connectivity index (χ2v) is 9.43. The van der Waals surface area contributed by atoms with E-state index >= 15 is 0 Å². The molecule has 1 fully saturated rings. The first kappa shape index (κ1) is 23.3. The molecule has 4 rings (SSSR count). The van der Waals surface area contributed by atoms with Gasteiger partial charge >= 0.3 is 6.09 Å². The van der Waals surface area contributed by atoms with Crippen LogP contribution in [-0.4, -0.2) is 33.1 Å². The summed E-state index contributed by atoms with van der Waals surface area (Å²) in [5.74, 6) is -0.0219. The molecule has 3 aromatic carbocycles. The molecule has 1 amide bonds. The van der Waals surface area contributed by atoms with E-state index in [4.69, 9.17) is 21.0 Å². The van der Waals surface area contributed by atoms with Gasteiger partial charge in [-0.1, -0.05) is 42.5 Å². The number of anilines is 2. The van der Waals surface area contributed by atoms with Crippen molar-refractivity contribution in [3.8, 4) is 11.1 Å². The number of carbonyl (C=O) groups is 1. The molecule has 1 heterocycles. The molecule has 0 radical (unpaired) electrons. The Morgan fingerprint density at radius 1 is 1.06 bits per heavy atom. The average molecular weight is 480 g/mol. The first-order chi connectivity index (χ1) is 16.2. The Bertz CT molecular complexity index is 1330. The molecule has 3 aromatic rings. The maximum atomic E-state index is 12.6. The van der Waals surface area contributed by atoms with Crippen molar-refractivity contribution in [1.82, 2.24) is 0 Å². The number of nitrogens with zero attached hydrogens (tertiary/aromatic N) is 1. The minimum atomic E-state index is -3.87. The molecule has 6 N–H and O–H groups in total. The molecule has 1 aliphatic heterocycles. The first-order valence-electron chi connectivity index (χ1n) is 10.6. The monoisotopic (exact) mass is 479 g/mol. The van der Waals surface area contributed by atoms with Crippen molar-refractivity contribution < 1.29 is 17.9 Å². The highest BCUT2D eigenvalue weighted by atomic mass is 32.2. The van der Waals surface area contributed by atoms with Gasteiger partial charge in [0.2, 0.25) is 10.0 Å². The highest BCUT2D eigenvalue weighted by Crippen LogP contribution is 2.29. The number of nitrogens with one attached hydrogen (secondary N) is 2. The van der Waals surface area contributed by atoms with Crippen molar-refractivity contribution in [3.05, 3.63) is 78.4 Å². The minimum absolute atomic E-state index is 0.0219. The van der Waals surface area contributed by atoms with Gasteiger partial charge in [-0.3, -0.25) is 10.7 Å². The van der Waals surface area contributed by atoms with E-state index in [9.17, 15) is 13.2 Å². The number of amides is 1. The predicted molar refractivity (Wildman–Crippen MR) is 131 cm³/mol. The molecule has 1 atom stereocenters. The molecule has 9 nitrogen and oxygen atoms in total. The lowest BCUT2D eigenvalue weighted by molar-refractivity contribution is 0.116. The average Bonchev–Trinajstić information content (AvgIpc) is 3.27. The van der Waals surface area contributed by atoms with Crippen LogP contribution >= 0.6 is 0 Å². The molecule has 0 bridgehead atoms. The molecule has 1 aliphatic rings. The third-order valence-corrected chi connectivity index (χ3v) is 6.53. The van der Waals surface area contributed by atoms with Crippen LogP contribution in [0.5, 0.6) is 0 Å². The Morgan fingerprint density at radius 3 is 2.50 bits per heavy atom. The normalized spacial score (nSPS) is 15.7. The van der Waals surface area contributed by atoms with Gasteiger partial charge in [-0.25, -0.2) is 18.4 Å². The molecule has 34 heavy (non-hydrogen) atoms. The van der Waals surface area contributed by atoms with Crippen LogP contribution in [0.4, 0.5) is 16.2 Å². The molecule has 10 heteroatoms. The molecule has 0 aromatic heterocycles. The van der Waals surface area contributed by atoms with Crippen LogP contribution < -0.4 is 21.1 Å². The fraction of sp³-hybridized carbons (Fsp3) is 0.167. The first-order valence-corrected chi connectivity index (χ1v) is 12.2. The summed E-state index contributed by atoms with van der Waals surface area (Å²) in [6, 6.07) is 20.5. The van der Waals surface area contributed by atoms with E-state index in [0.717, 1.165) is 18.7 Å². The van der Waals surface area contributed by atoms with E-state index in [1.807, 2.05) is 17.0 Å². The van der Waals surface area contributed by atoms with E-state index in [0.29, 0.717) is 28.8 Å². The van der Waals surface area contributed by atoms with Gasteiger partial charge in [0, 0.05) is 35.5 Å². The van der Waals surface area contributed by atoms with E-state index < -0.39 is 22.3 Å². The van der Waals surface area contributed by atoms with Crippen molar-refractivity contribution >= 4 is 33.3 Å². The lowest BCUT2D eigenvalue weighted by atomic mass is 10.1. The summed E-state index contributed by atoms with van der Waals surface area (Å²) in [5.41, 5.74) is 8.67. The zero-order valence-corrected chi connectivity index (χ0v) is 19.1. The number of primary sulfonamides is 1. The van der Waals surface area contributed by atoms with Gasteiger partial charge in [-0.15, -0.1) is 0 Å². The predicted octanol–water partition coefficient (Wildman–Crippen LogP) is 3.46. The molecule has 1 saturated heterocycles. The SMILES string of the molecule is N=C(N)c1cccc(N2CCC[C@@H]2OC(=O)Nc2ccc(-c3ccccc3S(N)(=O)=O)cc2)c1. The van der Waals surface area contributed by atoms with Gasteiger partial charge in [-0.05, 0) is 42.3 Å². The summed E-state index contributed by atoms with van der Waals surface area (Å²) in [6.07, 6.45) is 0.502. The lowest BCUT2D eigenvalue weighted by Gasteiger charge is -2.26. The Morgan fingerprint density at radius 2 is 1.79 bits per heavy atom. The second-order valence-electron chi connectivity index (χ2n) is 7.90. The summed E-state index contributed by atoms with van der Waals surface area (Å²) in [7, 11) is -3.87. The van der Waals surface area contributed by atoms with E-state index in [-0.39, 0.29) is 10.7 Å². The number of hydrogen-bond donors (Lipinski definition) is 4. The van der Waals surface area contributed by atoms with Crippen LogP contribution in [0, 0.1) is 5.41 Å². The summed E-state index contributed by atoms with van der Waals surface area (Å²) >= 11 is 0. The lowest BCUT2D eigenvalue weighted by Crippen LogP contribution is -2.35. The number of sulfonamides is 1. The molecule has 0 aliphatic carbocycles. The number of hydrogen-bond acceptors (Lipinski definition) is 6. The Kier molecular flexibility index (Phi) is 6.53. The summed E-state index contributed by atoms with van der Waals surface area (Å²) in [6.45, 7) is 0.720. The highest BCUT2D eigenvalue weighted by Gasteiger charge is 2.28. The number of carbonyl (C=O) groups excluding carboxylic acids is 1. The van der Waals surface area contributed by atoms with Crippen LogP contribution in [0.3, 0.4) is 0 Å². The van der Waals surface area contributed by atoms with E-state index in [1.165, 1.54) is 6.07 Å². The number of ether oxygens (including phenoxy) is 1. The van der Waals surface area contributed by atoms with Gasteiger partial charge in [-0.2, -0.15) is 0 Å². The third kappa shape index (κ3) is 5.19. The zero-order chi connectivity index (χ0) is 24.3. The number of benzene rings is 3.